The van der Waals surface area contributed by atoms with Gasteiger partial charge in [0.1, 0.15) is 0 Å². The van der Waals surface area contributed by atoms with Crippen molar-refractivity contribution in [1.29, 1.82) is 0 Å². The lowest BCUT2D eigenvalue weighted by atomic mass is 10.1. The number of thiophene rings is 1. The number of rotatable bonds is 6. The SMILES string of the molecule is CC(=O)c1cccc(NC(=O)CSc2nnc(-c3cccs3)n2C)c1. The summed E-state index contributed by atoms with van der Waals surface area (Å²) in [6.07, 6.45) is 0. The van der Waals surface area contributed by atoms with Crippen LogP contribution in [0.1, 0.15) is 17.3 Å². The maximum Gasteiger partial charge on any atom is 0.234 e. The highest BCUT2D eigenvalue weighted by Crippen LogP contribution is 2.26. The summed E-state index contributed by atoms with van der Waals surface area (Å²) in [5.74, 6) is 0.796. The van der Waals surface area contributed by atoms with Crippen LogP contribution >= 0.6 is 23.1 Å². The van der Waals surface area contributed by atoms with Crippen molar-refractivity contribution in [1.82, 2.24) is 14.8 Å². The zero-order valence-electron chi connectivity index (χ0n) is 13.7. The van der Waals surface area contributed by atoms with E-state index < -0.39 is 0 Å². The number of nitrogens with one attached hydrogen (secondary N) is 1. The average Bonchev–Trinajstić information content (AvgIpc) is 3.23. The molecule has 0 aliphatic rings. The molecule has 0 bridgehead atoms. The highest BCUT2D eigenvalue weighted by molar-refractivity contribution is 7.99. The number of thioether (sulfide) groups is 1. The third-order valence-corrected chi connectivity index (χ3v) is 5.35. The molecule has 0 spiro atoms. The molecule has 0 radical (unpaired) electrons. The molecule has 6 nitrogen and oxygen atoms in total. The largest absolute Gasteiger partial charge is 0.325 e. The van der Waals surface area contributed by atoms with E-state index in [1.807, 2.05) is 29.1 Å². The van der Waals surface area contributed by atoms with Gasteiger partial charge < -0.3 is 9.88 Å². The van der Waals surface area contributed by atoms with Crippen molar-refractivity contribution < 1.29 is 9.59 Å². The average molecular weight is 372 g/mol. The van der Waals surface area contributed by atoms with Gasteiger partial charge in [-0.2, -0.15) is 0 Å². The molecule has 8 heteroatoms. The van der Waals surface area contributed by atoms with Crippen molar-refractivity contribution in [2.75, 3.05) is 11.1 Å². The van der Waals surface area contributed by atoms with Crippen LogP contribution in [0.5, 0.6) is 0 Å². The second-order valence-electron chi connectivity index (χ2n) is 5.32. The standard InChI is InChI=1S/C17H16N4O2S2/c1-11(22)12-5-3-6-13(9-12)18-15(23)10-25-17-20-19-16(21(17)2)14-7-4-8-24-14/h3-9H,10H2,1-2H3,(H,18,23). The molecule has 3 rings (SSSR count). The number of carbonyl (C=O) groups is 2. The first-order chi connectivity index (χ1) is 12.0. The number of amides is 1. The molecule has 1 amide bonds. The van der Waals surface area contributed by atoms with Crippen LogP contribution < -0.4 is 5.32 Å². The quantitative estimate of drug-likeness (QED) is 0.529. The second-order valence-corrected chi connectivity index (χ2v) is 7.21. The fourth-order valence-corrected chi connectivity index (χ4v) is 3.66. The van der Waals surface area contributed by atoms with Gasteiger partial charge in [0.2, 0.25) is 5.91 Å². The Morgan fingerprint density at radius 3 is 2.80 bits per heavy atom. The molecular formula is C17H16N4O2S2. The number of anilines is 1. The minimum absolute atomic E-state index is 0.0364. The first-order valence-corrected chi connectivity index (χ1v) is 9.38. The van der Waals surface area contributed by atoms with Crippen molar-refractivity contribution >= 4 is 40.5 Å². The van der Waals surface area contributed by atoms with Crippen LogP contribution in [-0.2, 0) is 11.8 Å². The van der Waals surface area contributed by atoms with Crippen molar-refractivity contribution in [3.05, 3.63) is 47.3 Å². The van der Waals surface area contributed by atoms with Crippen LogP contribution in [0.15, 0.2) is 46.9 Å². The van der Waals surface area contributed by atoms with E-state index in [9.17, 15) is 9.59 Å². The molecule has 0 saturated heterocycles. The Morgan fingerprint density at radius 2 is 2.08 bits per heavy atom. The molecule has 128 valence electrons. The molecule has 0 unspecified atom stereocenters. The zero-order chi connectivity index (χ0) is 17.8. The monoisotopic (exact) mass is 372 g/mol. The van der Waals surface area contributed by atoms with Gasteiger partial charge in [0.15, 0.2) is 16.8 Å². The topological polar surface area (TPSA) is 76.9 Å². The Hall–Kier alpha value is -2.45. The van der Waals surface area contributed by atoms with Gasteiger partial charge in [0, 0.05) is 18.3 Å². The van der Waals surface area contributed by atoms with E-state index in [0.29, 0.717) is 16.4 Å². The van der Waals surface area contributed by atoms with Crippen LogP contribution in [0.25, 0.3) is 10.7 Å². The second kappa shape index (κ2) is 7.62. The molecule has 0 atom stereocenters. The van der Waals surface area contributed by atoms with Crippen LogP contribution in [-0.4, -0.2) is 32.2 Å². The Labute approximate surface area is 153 Å². The lowest BCUT2D eigenvalue weighted by Crippen LogP contribution is -2.14. The highest BCUT2D eigenvalue weighted by Gasteiger charge is 2.13. The van der Waals surface area contributed by atoms with Crippen LogP contribution in [0.3, 0.4) is 0 Å². The molecule has 0 aliphatic carbocycles. The molecular weight excluding hydrogens is 356 g/mol. The molecule has 0 aliphatic heterocycles. The summed E-state index contributed by atoms with van der Waals surface area (Å²) >= 11 is 2.91. The Bertz CT molecular complexity index is 903. The summed E-state index contributed by atoms with van der Waals surface area (Å²) < 4.78 is 1.88. The predicted molar refractivity (Wildman–Crippen MR) is 100 cm³/mol. The van der Waals surface area contributed by atoms with Crippen molar-refractivity contribution in [2.45, 2.75) is 12.1 Å². The maximum atomic E-state index is 12.1. The van der Waals surface area contributed by atoms with Gasteiger partial charge in [0.25, 0.3) is 0 Å². The predicted octanol–water partition coefficient (Wildman–Crippen LogP) is 3.48. The zero-order valence-corrected chi connectivity index (χ0v) is 15.4. The minimum Gasteiger partial charge on any atom is -0.325 e. The minimum atomic E-state index is -0.161. The summed E-state index contributed by atoms with van der Waals surface area (Å²) in [6, 6.07) is 10.8. The van der Waals surface area contributed by atoms with Crippen LogP contribution in [0.2, 0.25) is 0 Å². The molecule has 1 N–H and O–H groups in total. The number of Topliss-reactive ketones (excluding diaryl/α,β-unsaturated/α-hetero) is 1. The normalized spacial score (nSPS) is 10.6. The fourth-order valence-electron chi connectivity index (χ4n) is 2.20. The number of ketones is 1. The van der Waals surface area contributed by atoms with Gasteiger partial charge >= 0.3 is 0 Å². The van der Waals surface area contributed by atoms with Crippen molar-refractivity contribution in [2.24, 2.45) is 7.05 Å². The molecule has 2 aromatic heterocycles. The number of hydrogen-bond donors (Lipinski definition) is 1. The Balaban J connectivity index is 1.61. The van der Waals surface area contributed by atoms with E-state index in [1.54, 1.807) is 35.6 Å². The number of carbonyl (C=O) groups excluding carboxylic acids is 2. The third-order valence-electron chi connectivity index (χ3n) is 3.46. The summed E-state index contributed by atoms with van der Waals surface area (Å²) in [5.41, 5.74) is 1.18. The Kier molecular flexibility index (Phi) is 5.30. The summed E-state index contributed by atoms with van der Waals surface area (Å²) in [5, 5.41) is 13.8. The van der Waals surface area contributed by atoms with E-state index >= 15 is 0 Å². The molecule has 0 fully saturated rings. The molecule has 3 aromatic rings. The van der Waals surface area contributed by atoms with E-state index in [2.05, 4.69) is 15.5 Å². The van der Waals surface area contributed by atoms with Gasteiger partial charge in [-0.15, -0.1) is 21.5 Å². The maximum absolute atomic E-state index is 12.1. The van der Waals surface area contributed by atoms with E-state index in [0.717, 1.165) is 10.7 Å². The number of hydrogen-bond acceptors (Lipinski definition) is 6. The fraction of sp³-hybridized carbons (Fsp3) is 0.176. The van der Waals surface area contributed by atoms with Gasteiger partial charge in [-0.25, -0.2) is 0 Å². The smallest absolute Gasteiger partial charge is 0.234 e. The van der Waals surface area contributed by atoms with Gasteiger partial charge in [-0.05, 0) is 30.5 Å². The lowest BCUT2D eigenvalue weighted by Gasteiger charge is -2.06. The van der Waals surface area contributed by atoms with Crippen molar-refractivity contribution in [3.8, 4) is 10.7 Å². The first-order valence-electron chi connectivity index (χ1n) is 7.51. The van der Waals surface area contributed by atoms with E-state index in [-0.39, 0.29) is 17.4 Å². The number of nitrogens with zero attached hydrogens (tertiary/aromatic N) is 3. The molecule has 1 aromatic carbocycles. The lowest BCUT2D eigenvalue weighted by molar-refractivity contribution is -0.113. The van der Waals surface area contributed by atoms with E-state index in [1.165, 1.54) is 18.7 Å². The summed E-state index contributed by atoms with van der Waals surface area (Å²) in [6.45, 7) is 1.50. The number of benzene rings is 1. The Morgan fingerprint density at radius 1 is 1.24 bits per heavy atom. The van der Waals surface area contributed by atoms with Gasteiger partial charge in [0.05, 0.1) is 10.6 Å². The number of aromatic nitrogens is 3. The van der Waals surface area contributed by atoms with Crippen LogP contribution in [0, 0.1) is 0 Å². The molecule has 0 saturated carbocycles. The molecule has 2 heterocycles. The first kappa shape index (κ1) is 17.4. The van der Waals surface area contributed by atoms with Crippen LogP contribution in [0.4, 0.5) is 5.69 Å². The summed E-state index contributed by atoms with van der Waals surface area (Å²) in [7, 11) is 1.88. The molecule has 25 heavy (non-hydrogen) atoms. The van der Waals surface area contributed by atoms with Gasteiger partial charge in [-0.3, -0.25) is 9.59 Å². The van der Waals surface area contributed by atoms with E-state index in [4.69, 9.17) is 0 Å². The highest BCUT2D eigenvalue weighted by atomic mass is 32.2. The van der Waals surface area contributed by atoms with Crippen molar-refractivity contribution in [3.63, 3.8) is 0 Å². The third kappa shape index (κ3) is 4.15. The summed E-state index contributed by atoms with van der Waals surface area (Å²) in [4.78, 5) is 24.6. The van der Waals surface area contributed by atoms with Gasteiger partial charge in [-0.1, -0.05) is 30.0 Å².